The van der Waals surface area contributed by atoms with Crippen LogP contribution < -0.4 is 4.74 Å². The predicted octanol–water partition coefficient (Wildman–Crippen LogP) is 3.90. The molecular formula is C17H17ClN2O3S. The molecule has 7 heteroatoms. The third-order valence-electron chi connectivity index (χ3n) is 3.66. The van der Waals surface area contributed by atoms with E-state index in [4.69, 9.17) is 20.9 Å². The van der Waals surface area contributed by atoms with Crippen molar-refractivity contribution in [3.63, 3.8) is 0 Å². The van der Waals surface area contributed by atoms with E-state index in [0.717, 1.165) is 27.8 Å². The van der Waals surface area contributed by atoms with Gasteiger partial charge in [0.25, 0.3) is 5.91 Å². The van der Waals surface area contributed by atoms with Gasteiger partial charge in [-0.15, -0.1) is 11.8 Å². The second-order valence-corrected chi connectivity index (χ2v) is 6.91. The summed E-state index contributed by atoms with van der Waals surface area (Å²) in [5.74, 6) is 2.16. The lowest BCUT2D eigenvalue weighted by atomic mass is 10.2. The highest BCUT2D eigenvalue weighted by atomic mass is 35.5. The number of hydrogen-bond acceptors (Lipinski definition) is 5. The van der Waals surface area contributed by atoms with Crippen LogP contribution in [0.5, 0.6) is 5.75 Å². The van der Waals surface area contributed by atoms with Gasteiger partial charge in [0.1, 0.15) is 11.5 Å². The molecule has 1 aliphatic heterocycles. The highest BCUT2D eigenvalue weighted by molar-refractivity contribution is 8.03. The van der Waals surface area contributed by atoms with Gasteiger partial charge in [-0.25, -0.2) is 0 Å². The van der Waals surface area contributed by atoms with Crippen molar-refractivity contribution < 1.29 is 14.1 Å². The number of carbonyl (C=O) groups is 1. The molecule has 0 bridgehead atoms. The highest BCUT2D eigenvalue weighted by Gasteiger charge is 2.25. The number of ether oxygens (including phenoxy) is 1. The average Bonchev–Trinajstić information content (AvgIpc) is 3.16. The van der Waals surface area contributed by atoms with Gasteiger partial charge in [0.05, 0.1) is 10.7 Å². The number of aromatic nitrogens is 1. The Labute approximate surface area is 149 Å². The molecule has 1 aromatic carbocycles. The second kappa shape index (κ2) is 7.32. The number of hydrogen-bond donors (Lipinski definition) is 0. The van der Waals surface area contributed by atoms with Crippen LogP contribution in [0.1, 0.15) is 17.0 Å². The number of thioether (sulfide) groups is 1. The molecule has 1 saturated heterocycles. The van der Waals surface area contributed by atoms with Gasteiger partial charge >= 0.3 is 0 Å². The summed E-state index contributed by atoms with van der Waals surface area (Å²) in [6.07, 6.45) is 1.96. The first-order chi connectivity index (χ1) is 11.5. The van der Waals surface area contributed by atoms with E-state index in [0.29, 0.717) is 17.3 Å². The predicted molar refractivity (Wildman–Crippen MR) is 95.1 cm³/mol. The van der Waals surface area contributed by atoms with Crippen LogP contribution in [0.3, 0.4) is 0 Å². The van der Waals surface area contributed by atoms with E-state index in [1.54, 1.807) is 40.9 Å². The average molecular weight is 365 g/mol. The molecule has 1 aliphatic rings. The standard InChI is InChI=1S/C17H17ClN2O3S/c1-11-15(12(2)23-19-11)9-17-20(7-8-24-17)16(21)10-22-14-5-3-13(18)4-6-14/h3-6,9H,7-8,10H2,1-2H3/b17-9+. The van der Waals surface area contributed by atoms with Crippen LogP contribution in [0.25, 0.3) is 6.08 Å². The highest BCUT2D eigenvalue weighted by Crippen LogP contribution is 2.31. The van der Waals surface area contributed by atoms with Crippen LogP contribution in [0.4, 0.5) is 0 Å². The van der Waals surface area contributed by atoms with Crippen molar-refractivity contribution in [2.24, 2.45) is 0 Å². The summed E-state index contributed by atoms with van der Waals surface area (Å²) >= 11 is 7.48. The van der Waals surface area contributed by atoms with E-state index in [9.17, 15) is 4.79 Å². The fourth-order valence-corrected chi connectivity index (χ4v) is 3.53. The normalized spacial score (nSPS) is 16.0. The van der Waals surface area contributed by atoms with Crippen LogP contribution in [0, 0.1) is 13.8 Å². The lowest BCUT2D eigenvalue weighted by Crippen LogP contribution is -2.31. The van der Waals surface area contributed by atoms with Crippen molar-refractivity contribution in [1.29, 1.82) is 0 Å². The Morgan fingerprint density at radius 1 is 1.42 bits per heavy atom. The molecule has 126 valence electrons. The molecule has 1 amide bonds. The van der Waals surface area contributed by atoms with Crippen molar-refractivity contribution >= 4 is 35.3 Å². The van der Waals surface area contributed by atoms with Gasteiger partial charge in [-0.1, -0.05) is 16.8 Å². The zero-order chi connectivity index (χ0) is 17.1. The number of carbonyl (C=O) groups excluding carboxylic acids is 1. The van der Waals surface area contributed by atoms with Crippen molar-refractivity contribution in [2.75, 3.05) is 18.9 Å². The molecule has 3 rings (SSSR count). The Hall–Kier alpha value is -1.92. The van der Waals surface area contributed by atoms with Crippen LogP contribution >= 0.6 is 23.4 Å². The first kappa shape index (κ1) is 16.9. The van der Waals surface area contributed by atoms with Crippen molar-refractivity contribution in [3.05, 3.63) is 51.3 Å². The molecule has 5 nitrogen and oxygen atoms in total. The molecule has 1 fully saturated rings. The first-order valence-corrected chi connectivity index (χ1v) is 8.87. The summed E-state index contributed by atoms with van der Waals surface area (Å²) in [6.45, 7) is 4.41. The fourth-order valence-electron chi connectivity index (χ4n) is 2.37. The zero-order valence-corrected chi connectivity index (χ0v) is 15.0. The molecule has 0 radical (unpaired) electrons. The maximum Gasteiger partial charge on any atom is 0.265 e. The minimum atomic E-state index is -0.0760. The molecule has 0 atom stereocenters. The van der Waals surface area contributed by atoms with Crippen LogP contribution in [0.15, 0.2) is 33.8 Å². The summed E-state index contributed by atoms with van der Waals surface area (Å²) in [5, 5.41) is 5.47. The molecule has 0 unspecified atom stereocenters. The summed E-state index contributed by atoms with van der Waals surface area (Å²) in [7, 11) is 0. The van der Waals surface area contributed by atoms with E-state index in [-0.39, 0.29) is 12.5 Å². The topological polar surface area (TPSA) is 55.6 Å². The zero-order valence-electron chi connectivity index (χ0n) is 13.4. The van der Waals surface area contributed by atoms with Crippen molar-refractivity contribution in [2.45, 2.75) is 13.8 Å². The number of aryl methyl sites for hydroxylation is 2. The maximum absolute atomic E-state index is 12.5. The monoisotopic (exact) mass is 364 g/mol. The van der Waals surface area contributed by atoms with Crippen molar-refractivity contribution in [3.8, 4) is 5.75 Å². The number of rotatable bonds is 4. The molecule has 24 heavy (non-hydrogen) atoms. The van der Waals surface area contributed by atoms with Gasteiger partial charge in [-0.05, 0) is 44.2 Å². The molecule has 0 saturated carbocycles. The van der Waals surface area contributed by atoms with Crippen LogP contribution in [-0.2, 0) is 4.79 Å². The molecule has 1 aromatic heterocycles. The first-order valence-electron chi connectivity index (χ1n) is 7.50. The molecule has 0 aliphatic carbocycles. The van der Waals surface area contributed by atoms with Gasteiger partial charge in [-0.2, -0.15) is 0 Å². The molecular weight excluding hydrogens is 348 g/mol. The number of nitrogens with zero attached hydrogens (tertiary/aromatic N) is 2. The number of benzene rings is 1. The quantitative estimate of drug-likeness (QED) is 0.823. The van der Waals surface area contributed by atoms with Gasteiger partial charge in [0, 0.05) is 22.9 Å². The Morgan fingerprint density at radius 2 is 2.17 bits per heavy atom. The lowest BCUT2D eigenvalue weighted by molar-refractivity contribution is -0.130. The summed E-state index contributed by atoms with van der Waals surface area (Å²) in [4.78, 5) is 14.2. The lowest BCUT2D eigenvalue weighted by Gasteiger charge is -2.17. The Bertz CT molecular complexity index is 751. The smallest absolute Gasteiger partial charge is 0.265 e. The minimum absolute atomic E-state index is 0.0128. The molecule has 0 N–H and O–H groups in total. The van der Waals surface area contributed by atoms with E-state index in [1.807, 2.05) is 19.9 Å². The van der Waals surface area contributed by atoms with Gasteiger partial charge in [0.15, 0.2) is 6.61 Å². The molecule has 2 heterocycles. The molecule has 2 aromatic rings. The Balaban J connectivity index is 1.68. The third-order valence-corrected chi connectivity index (χ3v) is 4.94. The van der Waals surface area contributed by atoms with Gasteiger partial charge < -0.3 is 14.2 Å². The third kappa shape index (κ3) is 3.76. The maximum atomic E-state index is 12.5. The number of halogens is 1. The van der Waals surface area contributed by atoms with Crippen LogP contribution in [0.2, 0.25) is 5.02 Å². The second-order valence-electron chi connectivity index (χ2n) is 5.36. The van der Waals surface area contributed by atoms with Gasteiger partial charge in [-0.3, -0.25) is 4.79 Å². The number of amides is 1. The van der Waals surface area contributed by atoms with E-state index >= 15 is 0 Å². The summed E-state index contributed by atoms with van der Waals surface area (Å²) in [6, 6.07) is 6.95. The van der Waals surface area contributed by atoms with E-state index in [2.05, 4.69) is 5.16 Å². The minimum Gasteiger partial charge on any atom is -0.484 e. The fraction of sp³-hybridized carbons (Fsp3) is 0.294. The van der Waals surface area contributed by atoms with E-state index in [1.165, 1.54) is 0 Å². The Morgan fingerprint density at radius 3 is 2.83 bits per heavy atom. The van der Waals surface area contributed by atoms with Gasteiger partial charge in [0.2, 0.25) is 0 Å². The SMILES string of the molecule is Cc1noc(C)c1/C=C1/SCCN1C(=O)COc1ccc(Cl)cc1. The largest absolute Gasteiger partial charge is 0.484 e. The van der Waals surface area contributed by atoms with Crippen molar-refractivity contribution in [1.82, 2.24) is 10.1 Å². The Kier molecular flexibility index (Phi) is 5.16. The molecule has 0 spiro atoms. The summed E-state index contributed by atoms with van der Waals surface area (Å²) < 4.78 is 10.7. The van der Waals surface area contributed by atoms with E-state index < -0.39 is 0 Å². The summed E-state index contributed by atoms with van der Waals surface area (Å²) in [5.41, 5.74) is 1.74. The van der Waals surface area contributed by atoms with Crippen LogP contribution in [-0.4, -0.2) is 34.9 Å².